The first-order chi connectivity index (χ1) is 11.6. The van der Waals surface area contributed by atoms with Crippen molar-refractivity contribution in [3.63, 3.8) is 0 Å². The average molecular weight is 346 g/mol. The molecule has 0 aliphatic heterocycles. The van der Waals surface area contributed by atoms with Crippen LogP contribution in [0.3, 0.4) is 0 Å². The van der Waals surface area contributed by atoms with Crippen LogP contribution in [-0.2, 0) is 6.54 Å². The standard InChI is InChI=1S/C19H23FN2O3/c1-12-5-6-15(10-16(12)20)25-14-7-8-17(21)13(9-14)11-22(18(23)24)19(2,3)4/h5-10H,11,21H2,1-4H3,(H,23,24). The summed E-state index contributed by atoms with van der Waals surface area (Å²) in [5.74, 6) is 0.481. The van der Waals surface area contributed by atoms with Crippen molar-refractivity contribution in [1.82, 2.24) is 4.90 Å². The molecular formula is C19H23FN2O3. The molecule has 0 aliphatic rings. The van der Waals surface area contributed by atoms with E-state index in [0.717, 1.165) is 0 Å². The molecular weight excluding hydrogens is 323 g/mol. The molecule has 134 valence electrons. The number of halogens is 1. The molecule has 0 saturated carbocycles. The van der Waals surface area contributed by atoms with E-state index < -0.39 is 11.6 Å². The Morgan fingerprint density at radius 1 is 1.20 bits per heavy atom. The highest BCUT2D eigenvalue weighted by Crippen LogP contribution is 2.28. The van der Waals surface area contributed by atoms with Gasteiger partial charge in [-0.1, -0.05) is 6.07 Å². The predicted octanol–water partition coefficient (Wildman–Crippen LogP) is 4.79. The Balaban J connectivity index is 2.27. The van der Waals surface area contributed by atoms with E-state index in [4.69, 9.17) is 10.5 Å². The number of benzene rings is 2. The third kappa shape index (κ3) is 4.62. The van der Waals surface area contributed by atoms with Gasteiger partial charge in [0, 0.05) is 17.3 Å². The normalized spacial score (nSPS) is 11.2. The van der Waals surface area contributed by atoms with Crippen LogP contribution in [0.25, 0.3) is 0 Å². The molecule has 0 atom stereocenters. The van der Waals surface area contributed by atoms with E-state index >= 15 is 0 Å². The number of ether oxygens (including phenoxy) is 1. The third-order valence-corrected chi connectivity index (χ3v) is 3.86. The highest BCUT2D eigenvalue weighted by atomic mass is 19.1. The molecule has 2 aromatic rings. The Hall–Kier alpha value is -2.76. The first-order valence-corrected chi connectivity index (χ1v) is 7.91. The van der Waals surface area contributed by atoms with E-state index in [1.165, 1.54) is 11.0 Å². The maximum Gasteiger partial charge on any atom is 0.408 e. The number of hydrogen-bond donors (Lipinski definition) is 2. The fourth-order valence-electron chi connectivity index (χ4n) is 2.32. The zero-order valence-electron chi connectivity index (χ0n) is 14.8. The molecule has 5 nitrogen and oxygen atoms in total. The number of nitrogen functional groups attached to an aromatic ring is 1. The Kier molecular flexibility index (Phi) is 5.21. The molecule has 0 fully saturated rings. The van der Waals surface area contributed by atoms with E-state index in [-0.39, 0.29) is 12.4 Å². The van der Waals surface area contributed by atoms with Crippen LogP contribution >= 0.6 is 0 Å². The Morgan fingerprint density at radius 2 is 1.80 bits per heavy atom. The summed E-state index contributed by atoms with van der Waals surface area (Å²) in [7, 11) is 0. The van der Waals surface area contributed by atoms with Crippen LogP contribution in [-0.4, -0.2) is 21.6 Å². The van der Waals surface area contributed by atoms with Gasteiger partial charge in [0.15, 0.2) is 0 Å². The van der Waals surface area contributed by atoms with Gasteiger partial charge < -0.3 is 15.6 Å². The molecule has 0 aliphatic carbocycles. The van der Waals surface area contributed by atoms with Crippen molar-refractivity contribution in [2.75, 3.05) is 5.73 Å². The lowest BCUT2D eigenvalue weighted by Gasteiger charge is -2.33. The van der Waals surface area contributed by atoms with Gasteiger partial charge in [0.1, 0.15) is 17.3 Å². The number of carbonyl (C=O) groups is 1. The minimum atomic E-state index is -1.03. The molecule has 0 radical (unpaired) electrons. The summed E-state index contributed by atoms with van der Waals surface area (Å²) in [5, 5.41) is 9.43. The fourth-order valence-corrected chi connectivity index (χ4v) is 2.32. The van der Waals surface area contributed by atoms with Gasteiger partial charge in [-0.25, -0.2) is 9.18 Å². The SMILES string of the molecule is Cc1ccc(Oc2ccc(N)c(CN(C(=O)O)C(C)(C)C)c2)cc1F. The molecule has 0 bridgehead atoms. The number of carboxylic acid groups (broad SMARTS) is 1. The van der Waals surface area contributed by atoms with Crippen molar-refractivity contribution in [3.8, 4) is 11.5 Å². The minimum absolute atomic E-state index is 0.129. The summed E-state index contributed by atoms with van der Waals surface area (Å²) in [6.07, 6.45) is -1.03. The highest BCUT2D eigenvalue weighted by Gasteiger charge is 2.26. The number of hydrogen-bond acceptors (Lipinski definition) is 3. The molecule has 2 aromatic carbocycles. The maximum atomic E-state index is 13.6. The minimum Gasteiger partial charge on any atom is -0.465 e. The molecule has 6 heteroatoms. The number of rotatable bonds is 4. The Labute approximate surface area is 146 Å². The molecule has 3 N–H and O–H groups in total. The predicted molar refractivity (Wildman–Crippen MR) is 95.4 cm³/mol. The van der Waals surface area contributed by atoms with E-state index in [2.05, 4.69) is 0 Å². The lowest BCUT2D eigenvalue weighted by Crippen LogP contribution is -2.44. The second kappa shape index (κ2) is 7.01. The first kappa shape index (κ1) is 18.6. The molecule has 0 saturated heterocycles. The summed E-state index contributed by atoms with van der Waals surface area (Å²) in [4.78, 5) is 12.8. The van der Waals surface area contributed by atoms with Crippen LogP contribution in [0.5, 0.6) is 11.5 Å². The summed E-state index contributed by atoms with van der Waals surface area (Å²) < 4.78 is 19.3. The van der Waals surface area contributed by atoms with E-state index in [9.17, 15) is 14.3 Å². The smallest absolute Gasteiger partial charge is 0.408 e. The molecule has 0 aromatic heterocycles. The van der Waals surface area contributed by atoms with Gasteiger partial charge in [0.25, 0.3) is 0 Å². The van der Waals surface area contributed by atoms with Crippen LogP contribution in [0.4, 0.5) is 14.9 Å². The lowest BCUT2D eigenvalue weighted by atomic mass is 10.0. The van der Waals surface area contributed by atoms with E-state index in [1.54, 1.807) is 37.3 Å². The van der Waals surface area contributed by atoms with Crippen LogP contribution < -0.4 is 10.5 Å². The largest absolute Gasteiger partial charge is 0.465 e. The average Bonchev–Trinajstić information content (AvgIpc) is 2.49. The number of nitrogens with zero attached hydrogens (tertiary/aromatic N) is 1. The van der Waals surface area contributed by atoms with Crippen LogP contribution in [0.15, 0.2) is 36.4 Å². The van der Waals surface area contributed by atoms with Gasteiger partial charge in [-0.2, -0.15) is 0 Å². The maximum absolute atomic E-state index is 13.6. The van der Waals surface area contributed by atoms with E-state index in [1.807, 2.05) is 20.8 Å². The monoisotopic (exact) mass is 346 g/mol. The first-order valence-electron chi connectivity index (χ1n) is 7.91. The summed E-state index contributed by atoms with van der Waals surface area (Å²) in [5.41, 5.74) is 7.04. The van der Waals surface area contributed by atoms with Crippen molar-refractivity contribution in [3.05, 3.63) is 53.3 Å². The van der Waals surface area contributed by atoms with Gasteiger partial charge in [0.2, 0.25) is 0 Å². The summed E-state index contributed by atoms with van der Waals surface area (Å²) in [6.45, 7) is 7.24. The van der Waals surface area contributed by atoms with Crippen molar-refractivity contribution in [2.24, 2.45) is 0 Å². The van der Waals surface area contributed by atoms with Gasteiger partial charge in [-0.15, -0.1) is 0 Å². The molecule has 0 spiro atoms. The van der Waals surface area contributed by atoms with E-state index in [0.29, 0.717) is 28.3 Å². The molecule has 0 unspecified atom stereocenters. The number of amides is 1. The van der Waals surface area contributed by atoms with Gasteiger partial charge in [-0.05, 0) is 63.1 Å². The molecule has 1 amide bonds. The zero-order chi connectivity index (χ0) is 18.8. The summed E-state index contributed by atoms with van der Waals surface area (Å²) in [6, 6.07) is 9.61. The third-order valence-electron chi connectivity index (χ3n) is 3.86. The second-order valence-electron chi connectivity index (χ2n) is 6.91. The van der Waals surface area contributed by atoms with Gasteiger partial charge >= 0.3 is 6.09 Å². The quantitative estimate of drug-likeness (QED) is 0.781. The second-order valence-corrected chi connectivity index (χ2v) is 6.91. The topological polar surface area (TPSA) is 75.8 Å². The van der Waals surface area contributed by atoms with Crippen molar-refractivity contribution in [2.45, 2.75) is 39.8 Å². The van der Waals surface area contributed by atoms with Crippen LogP contribution in [0.1, 0.15) is 31.9 Å². The highest BCUT2D eigenvalue weighted by molar-refractivity contribution is 5.66. The molecule has 0 heterocycles. The number of aryl methyl sites for hydroxylation is 1. The Bertz CT molecular complexity index is 785. The molecule has 25 heavy (non-hydrogen) atoms. The van der Waals surface area contributed by atoms with Crippen molar-refractivity contribution in [1.29, 1.82) is 0 Å². The van der Waals surface area contributed by atoms with Crippen LogP contribution in [0, 0.1) is 12.7 Å². The number of nitrogens with two attached hydrogens (primary N) is 1. The lowest BCUT2D eigenvalue weighted by molar-refractivity contribution is 0.0956. The van der Waals surface area contributed by atoms with Gasteiger partial charge in [0.05, 0.1) is 6.54 Å². The molecule has 2 rings (SSSR count). The van der Waals surface area contributed by atoms with Crippen LogP contribution in [0.2, 0.25) is 0 Å². The Morgan fingerprint density at radius 3 is 2.36 bits per heavy atom. The van der Waals surface area contributed by atoms with Crippen molar-refractivity contribution < 1.29 is 19.0 Å². The van der Waals surface area contributed by atoms with Crippen molar-refractivity contribution >= 4 is 11.8 Å². The number of anilines is 1. The summed E-state index contributed by atoms with van der Waals surface area (Å²) >= 11 is 0. The zero-order valence-corrected chi connectivity index (χ0v) is 14.8. The van der Waals surface area contributed by atoms with Gasteiger partial charge in [-0.3, -0.25) is 4.90 Å². The fraction of sp³-hybridized carbons (Fsp3) is 0.316.